The summed E-state index contributed by atoms with van der Waals surface area (Å²) in [4.78, 5) is 36.1. The molecule has 0 radical (unpaired) electrons. The molecule has 0 saturated carbocycles. The van der Waals surface area contributed by atoms with Crippen molar-refractivity contribution >= 4 is 18.0 Å². The first kappa shape index (κ1) is 23.0. The van der Waals surface area contributed by atoms with Gasteiger partial charge in [-0.05, 0) is 27.8 Å². The lowest BCUT2D eigenvalue weighted by atomic mass is 9.98. The highest BCUT2D eigenvalue weighted by Crippen LogP contribution is 2.44. The molecular formula is C27H26N2O5. The van der Waals surface area contributed by atoms with Crippen LogP contribution in [0.1, 0.15) is 29.0 Å². The van der Waals surface area contributed by atoms with Gasteiger partial charge in [-0.25, -0.2) is 4.79 Å². The van der Waals surface area contributed by atoms with Gasteiger partial charge >= 0.3 is 12.1 Å². The van der Waals surface area contributed by atoms with Crippen molar-refractivity contribution in [3.05, 3.63) is 95.6 Å². The number of rotatable bonds is 9. The highest BCUT2D eigenvalue weighted by Gasteiger charge is 2.29. The zero-order valence-corrected chi connectivity index (χ0v) is 18.6. The molecule has 0 bridgehead atoms. The standard InChI is InChI=1S/C27H26N2O5/c30-25(31)14-15-28-26(32)24(16-18-8-2-1-3-9-18)29-27(33)34-17-23-21-12-6-4-10-19(21)20-11-5-7-13-22(20)23/h1-13,23-24H,14-17H2,(H,28,32)(H,29,33)(H,30,31)/t24-/m0/s1. The quantitative estimate of drug-likeness (QED) is 0.453. The summed E-state index contributed by atoms with van der Waals surface area (Å²) >= 11 is 0. The third-order valence-corrected chi connectivity index (χ3v) is 5.87. The number of ether oxygens (including phenoxy) is 1. The van der Waals surface area contributed by atoms with Gasteiger partial charge in [-0.3, -0.25) is 9.59 Å². The molecule has 7 heteroatoms. The van der Waals surface area contributed by atoms with Crippen LogP contribution in [0.3, 0.4) is 0 Å². The Kier molecular flexibility index (Phi) is 7.22. The van der Waals surface area contributed by atoms with E-state index >= 15 is 0 Å². The molecular weight excluding hydrogens is 432 g/mol. The molecule has 7 nitrogen and oxygen atoms in total. The first-order valence-corrected chi connectivity index (χ1v) is 11.2. The maximum atomic E-state index is 12.7. The average Bonchev–Trinajstić information content (AvgIpc) is 3.16. The summed E-state index contributed by atoms with van der Waals surface area (Å²) < 4.78 is 5.58. The summed E-state index contributed by atoms with van der Waals surface area (Å²) in [6, 6.07) is 24.5. The summed E-state index contributed by atoms with van der Waals surface area (Å²) in [6.45, 7) is 0.115. The predicted octanol–water partition coefficient (Wildman–Crippen LogP) is 3.73. The Bertz CT molecular complexity index is 1130. The number of fused-ring (bicyclic) bond motifs is 3. The van der Waals surface area contributed by atoms with Crippen molar-refractivity contribution in [2.75, 3.05) is 13.2 Å². The van der Waals surface area contributed by atoms with Gasteiger partial charge in [0, 0.05) is 18.9 Å². The van der Waals surface area contributed by atoms with Crippen molar-refractivity contribution in [3.63, 3.8) is 0 Å². The maximum Gasteiger partial charge on any atom is 0.407 e. The number of carboxylic acid groups (broad SMARTS) is 1. The van der Waals surface area contributed by atoms with Gasteiger partial charge in [0.2, 0.25) is 5.91 Å². The SMILES string of the molecule is O=C(O)CCNC(=O)[C@H](Cc1ccccc1)NC(=O)OCC1c2ccccc2-c2ccccc21. The fourth-order valence-electron chi connectivity index (χ4n) is 4.26. The summed E-state index contributed by atoms with van der Waals surface area (Å²) in [6.07, 6.45) is -0.644. The average molecular weight is 459 g/mol. The van der Waals surface area contributed by atoms with E-state index in [1.807, 2.05) is 66.7 Å². The molecule has 0 aromatic heterocycles. The second kappa shape index (κ2) is 10.7. The number of benzene rings is 3. The van der Waals surface area contributed by atoms with Crippen LogP contribution >= 0.6 is 0 Å². The second-order valence-electron chi connectivity index (χ2n) is 8.15. The Labute approximate surface area is 197 Å². The molecule has 0 spiro atoms. The molecule has 34 heavy (non-hydrogen) atoms. The van der Waals surface area contributed by atoms with Crippen LogP contribution in [0.25, 0.3) is 11.1 Å². The summed E-state index contributed by atoms with van der Waals surface area (Å²) in [5, 5.41) is 14.0. The van der Waals surface area contributed by atoms with E-state index in [-0.39, 0.29) is 31.9 Å². The van der Waals surface area contributed by atoms with Gasteiger partial charge in [-0.2, -0.15) is 0 Å². The van der Waals surface area contributed by atoms with Crippen LogP contribution in [-0.4, -0.2) is 42.3 Å². The number of alkyl carbamates (subject to hydrolysis) is 1. The van der Waals surface area contributed by atoms with Crippen molar-refractivity contribution in [1.82, 2.24) is 10.6 Å². The normalized spacial score (nSPS) is 12.8. The summed E-state index contributed by atoms with van der Waals surface area (Å²) in [5.74, 6) is -1.56. The molecule has 3 N–H and O–H groups in total. The first-order valence-electron chi connectivity index (χ1n) is 11.2. The molecule has 0 fully saturated rings. The highest BCUT2D eigenvalue weighted by molar-refractivity contribution is 5.86. The lowest BCUT2D eigenvalue weighted by Crippen LogP contribution is -2.48. The van der Waals surface area contributed by atoms with E-state index < -0.39 is 24.0 Å². The van der Waals surface area contributed by atoms with Crippen molar-refractivity contribution in [2.24, 2.45) is 0 Å². The van der Waals surface area contributed by atoms with Crippen LogP contribution in [0.2, 0.25) is 0 Å². The number of hydrogen-bond acceptors (Lipinski definition) is 4. The number of carbonyl (C=O) groups is 3. The van der Waals surface area contributed by atoms with Gasteiger partial charge in [-0.15, -0.1) is 0 Å². The smallest absolute Gasteiger partial charge is 0.407 e. The molecule has 3 aromatic carbocycles. The molecule has 0 heterocycles. The van der Waals surface area contributed by atoms with Crippen LogP contribution in [0.4, 0.5) is 4.79 Å². The van der Waals surface area contributed by atoms with Crippen LogP contribution < -0.4 is 10.6 Å². The Hall–Kier alpha value is -4.13. The molecule has 3 aromatic rings. The number of hydrogen-bond donors (Lipinski definition) is 3. The largest absolute Gasteiger partial charge is 0.481 e. The van der Waals surface area contributed by atoms with Gasteiger partial charge in [0.15, 0.2) is 0 Å². The lowest BCUT2D eigenvalue weighted by Gasteiger charge is -2.20. The molecule has 0 aliphatic heterocycles. The van der Waals surface area contributed by atoms with Crippen molar-refractivity contribution in [1.29, 1.82) is 0 Å². The van der Waals surface area contributed by atoms with E-state index in [9.17, 15) is 14.4 Å². The summed E-state index contributed by atoms with van der Waals surface area (Å²) in [5.41, 5.74) is 5.33. The Morgan fingerprint density at radius 1 is 0.853 bits per heavy atom. The number of carbonyl (C=O) groups excluding carboxylic acids is 2. The minimum atomic E-state index is -1.01. The van der Waals surface area contributed by atoms with Gasteiger partial charge < -0.3 is 20.5 Å². The maximum absolute atomic E-state index is 12.7. The third-order valence-electron chi connectivity index (χ3n) is 5.87. The van der Waals surface area contributed by atoms with E-state index in [1.54, 1.807) is 0 Å². The van der Waals surface area contributed by atoms with E-state index in [2.05, 4.69) is 22.8 Å². The van der Waals surface area contributed by atoms with Gasteiger partial charge in [0.1, 0.15) is 12.6 Å². The number of amides is 2. The zero-order valence-electron chi connectivity index (χ0n) is 18.6. The van der Waals surface area contributed by atoms with E-state index in [1.165, 1.54) is 0 Å². The first-order chi connectivity index (χ1) is 16.5. The Morgan fingerprint density at radius 3 is 2.06 bits per heavy atom. The molecule has 1 aliphatic rings. The third kappa shape index (κ3) is 5.43. The Balaban J connectivity index is 1.42. The van der Waals surface area contributed by atoms with Crippen LogP contribution in [0.15, 0.2) is 78.9 Å². The zero-order chi connectivity index (χ0) is 23.9. The fraction of sp³-hybridized carbons (Fsp3) is 0.222. The van der Waals surface area contributed by atoms with Gasteiger partial charge in [-0.1, -0.05) is 78.9 Å². The summed E-state index contributed by atoms with van der Waals surface area (Å²) in [7, 11) is 0. The minimum absolute atomic E-state index is 0.0220. The molecule has 1 atom stereocenters. The van der Waals surface area contributed by atoms with Crippen molar-refractivity contribution < 1.29 is 24.2 Å². The molecule has 4 rings (SSSR count). The van der Waals surface area contributed by atoms with Crippen LogP contribution in [0.5, 0.6) is 0 Å². The highest BCUT2D eigenvalue weighted by atomic mass is 16.5. The molecule has 2 amide bonds. The van der Waals surface area contributed by atoms with E-state index in [4.69, 9.17) is 9.84 Å². The monoisotopic (exact) mass is 458 g/mol. The van der Waals surface area contributed by atoms with E-state index in [0.717, 1.165) is 27.8 Å². The molecule has 0 unspecified atom stereocenters. The second-order valence-corrected chi connectivity index (χ2v) is 8.15. The Morgan fingerprint density at radius 2 is 1.44 bits per heavy atom. The van der Waals surface area contributed by atoms with Gasteiger partial charge in [0.05, 0.1) is 6.42 Å². The number of nitrogens with one attached hydrogen (secondary N) is 2. The van der Waals surface area contributed by atoms with Crippen molar-refractivity contribution in [2.45, 2.75) is 24.8 Å². The van der Waals surface area contributed by atoms with Gasteiger partial charge in [0.25, 0.3) is 0 Å². The number of aliphatic carboxylic acids is 1. The van der Waals surface area contributed by atoms with Crippen LogP contribution in [0, 0.1) is 0 Å². The number of carboxylic acids is 1. The van der Waals surface area contributed by atoms with E-state index in [0.29, 0.717) is 0 Å². The fourth-order valence-corrected chi connectivity index (χ4v) is 4.26. The predicted molar refractivity (Wildman–Crippen MR) is 127 cm³/mol. The lowest BCUT2D eigenvalue weighted by molar-refractivity contribution is -0.137. The minimum Gasteiger partial charge on any atom is -0.481 e. The molecule has 174 valence electrons. The van der Waals surface area contributed by atoms with Crippen molar-refractivity contribution in [3.8, 4) is 11.1 Å². The molecule has 1 aliphatic carbocycles. The van der Waals surface area contributed by atoms with Crippen LogP contribution in [-0.2, 0) is 20.7 Å². The topological polar surface area (TPSA) is 105 Å². The molecule has 0 saturated heterocycles.